The molecule has 3 aromatic rings. The lowest BCUT2D eigenvalue weighted by Crippen LogP contribution is -2.15. The summed E-state index contributed by atoms with van der Waals surface area (Å²) in [6.45, 7) is 1.95. The molecule has 0 saturated heterocycles. The molecule has 7 heteroatoms. The quantitative estimate of drug-likeness (QED) is 0.663. The summed E-state index contributed by atoms with van der Waals surface area (Å²) in [6, 6.07) is 5.37. The normalized spacial score (nSPS) is 15.7. The fourth-order valence-corrected chi connectivity index (χ4v) is 3.97. The van der Waals surface area contributed by atoms with Gasteiger partial charge in [0.05, 0.1) is 5.69 Å². The third-order valence-corrected chi connectivity index (χ3v) is 5.51. The Hall–Kier alpha value is -2.15. The maximum Gasteiger partial charge on any atom is 0.276 e. The van der Waals surface area contributed by atoms with Gasteiger partial charge in [0.2, 0.25) is 5.89 Å². The second kappa shape index (κ2) is 7.00. The van der Waals surface area contributed by atoms with E-state index in [2.05, 4.69) is 15.2 Å². The number of pyridine rings is 1. The van der Waals surface area contributed by atoms with Crippen molar-refractivity contribution in [3.05, 3.63) is 51.9 Å². The number of fused-ring (bicyclic) bond motifs is 1. The van der Waals surface area contributed by atoms with Crippen LogP contribution in [-0.4, -0.2) is 19.6 Å². The molecule has 1 aliphatic carbocycles. The van der Waals surface area contributed by atoms with Gasteiger partial charge in [-0.2, -0.15) is 0 Å². The van der Waals surface area contributed by atoms with E-state index in [1.165, 1.54) is 31.0 Å². The number of rotatable bonds is 4. The molecule has 0 spiro atoms. The molecule has 4 rings (SSSR count). The highest BCUT2D eigenvalue weighted by atomic mass is 32.2. The molecule has 1 saturated carbocycles. The van der Waals surface area contributed by atoms with Crippen LogP contribution in [0.5, 0.6) is 0 Å². The molecule has 0 N–H and O–H groups in total. The van der Waals surface area contributed by atoms with E-state index in [1.54, 1.807) is 16.7 Å². The Bertz CT molecular complexity index is 944. The second-order valence-corrected chi connectivity index (χ2v) is 7.43. The van der Waals surface area contributed by atoms with Crippen molar-refractivity contribution in [3.63, 3.8) is 0 Å². The lowest BCUT2D eigenvalue weighted by Gasteiger charge is -2.17. The van der Waals surface area contributed by atoms with Crippen LogP contribution in [-0.2, 0) is 5.75 Å². The number of aryl methyl sites for hydroxylation is 1. The maximum absolute atomic E-state index is 12.2. The highest BCUT2D eigenvalue weighted by Gasteiger charge is 2.21. The van der Waals surface area contributed by atoms with Gasteiger partial charge in [-0.05, 0) is 31.4 Å². The number of thioether (sulfide) groups is 1. The van der Waals surface area contributed by atoms with Crippen LogP contribution in [0.15, 0.2) is 38.8 Å². The lowest BCUT2D eigenvalue weighted by molar-refractivity contribution is 0.334. The van der Waals surface area contributed by atoms with Crippen molar-refractivity contribution in [2.24, 2.45) is 0 Å². The van der Waals surface area contributed by atoms with Gasteiger partial charge in [0.1, 0.15) is 5.65 Å². The Morgan fingerprint density at radius 1 is 1.28 bits per heavy atom. The van der Waals surface area contributed by atoms with Crippen LogP contribution in [0.25, 0.3) is 5.65 Å². The predicted octanol–water partition coefficient (Wildman–Crippen LogP) is 3.73. The maximum atomic E-state index is 12.2. The summed E-state index contributed by atoms with van der Waals surface area (Å²) >= 11 is 1.43. The van der Waals surface area contributed by atoms with E-state index >= 15 is 0 Å². The van der Waals surface area contributed by atoms with Gasteiger partial charge in [-0.3, -0.25) is 9.20 Å². The van der Waals surface area contributed by atoms with Gasteiger partial charge in [0, 0.05) is 23.9 Å². The van der Waals surface area contributed by atoms with E-state index < -0.39 is 0 Å². The second-order valence-electron chi connectivity index (χ2n) is 6.50. The number of aromatic nitrogens is 4. The third kappa shape index (κ3) is 3.46. The van der Waals surface area contributed by atoms with Crippen LogP contribution >= 0.6 is 11.8 Å². The van der Waals surface area contributed by atoms with Crippen molar-refractivity contribution >= 4 is 17.4 Å². The minimum atomic E-state index is -0.0716. The molecule has 1 fully saturated rings. The monoisotopic (exact) mass is 356 g/mol. The molecule has 25 heavy (non-hydrogen) atoms. The van der Waals surface area contributed by atoms with Crippen LogP contribution in [0.1, 0.15) is 55.2 Å². The van der Waals surface area contributed by atoms with Gasteiger partial charge in [-0.1, -0.05) is 37.1 Å². The SMILES string of the molecule is Cc1cccn2c(=O)cc(CSc3nnc(C4CCCCC4)o3)nc12. The van der Waals surface area contributed by atoms with Gasteiger partial charge < -0.3 is 4.42 Å². The van der Waals surface area contributed by atoms with Crippen molar-refractivity contribution in [3.8, 4) is 0 Å². The van der Waals surface area contributed by atoms with Crippen LogP contribution in [0.3, 0.4) is 0 Å². The standard InChI is InChI=1S/C18H20N4O2S/c1-12-6-5-9-22-15(23)10-14(19-16(12)22)11-25-18-21-20-17(24-18)13-7-3-2-4-8-13/h5-6,9-10,13H,2-4,7-8,11H2,1H3. The molecule has 3 heterocycles. The summed E-state index contributed by atoms with van der Waals surface area (Å²) < 4.78 is 7.38. The van der Waals surface area contributed by atoms with Crippen LogP contribution < -0.4 is 5.56 Å². The summed E-state index contributed by atoms with van der Waals surface area (Å²) in [6.07, 6.45) is 7.78. The topological polar surface area (TPSA) is 73.3 Å². The minimum absolute atomic E-state index is 0.0716. The Balaban J connectivity index is 1.50. The fourth-order valence-electron chi connectivity index (χ4n) is 3.31. The van der Waals surface area contributed by atoms with Crippen LogP contribution in [0, 0.1) is 6.92 Å². The smallest absolute Gasteiger partial charge is 0.276 e. The van der Waals surface area contributed by atoms with Crippen molar-refractivity contribution in [1.29, 1.82) is 0 Å². The Labute approximate surface area is 149 Å². The zero-order chi connectivity index (χ0) is 17.2. The highest BCUT2D eigenvalue weighted by molar-refractivity contribution is 7.98. The lowest BCUT2D eigenvalue weighted by atomic mass is 9.89. The Morgan fingerprint density at radius 2 is 2.12 bits per heavy atom. The molecule has 3 aromatic heterocycles. The largest absolute Gasteiger partial charge is 0.416 e. The summed E-state index contributed by atoms with van der Waals surface area (Å²) in [4.78, 5) is 16.8. The van der Waals surface area contributed by atoms with E-state index in [0.29, 0.717) is 22.5 Å². The molecular formula is C18H20N4O2S. The predicted molar refractivity (Wildman–Crippen MR) is 95.9 cm³/mol. The van der Waals surface area contributed by atoms with Gasteiger partial charge in [0.15, 0.2) is 0 Å². The summed E-state index contributed by atoms with van der Waals surface area (Å²) in [7, 11) is 0. The first-order chi connectivity index (χ1) is 12.2. The molecule has 0 bridgehead atoms. The van der Waals surface area contributed by atoms with E-state index in [0.717, 1.165) is 30.0 Å². The van der Waals surface area contributed by atoms with Crippen LogP contribution in [0.2, 0.25) is 0 Å². The molecule has 0 radical (unpaired) electrons. The van der Waals surface area contributed by atoms with E-state index in [4.69, 9.17) is 4.42 Å². The third-order valence-electron chi connectivity index (χ3n) is 4.66. The molecule has 0 atom stereocenters. The Kier molecular flexibility index (Phi) is 4.57. The highest BCUT2D eigenvalue weighted by Crippen LogP contribution is 2.33. The minimum Gasteiger partial charge on any atom is -0.416 e. The number of nitrogens with zero attached hydrogens (tertiary/aromatic N) is 4. The Morgan fingerprint density at radius 3 is 2.96 bits per heavy atom. The van der Waals surface area contributed by atoms with Crippen LogP contribution in [0.4, 0.5) is 0 Å². The molecule has 1 aliphatic rings. The molecule has 6 nitrogen and oxygen atoms in total. The van der Waals surface area contributed by atoms with Crippen molar-refractivity contribution in [2.75, 3.05) is 0 Å². The number of hydrogen-bond donors (Lipinski definition) is 0. The zero-order valence-electron chi connectivity index (χ0n) is 14.1. The van der Waals surface area contributed by atoms with Crippen molar-refractivity contribution in [2.45, 2.75) is 55.9 Å². The van der Waals surface area contributed by atoms with E-state index in [9.17, 15) is 4.79 Å². The summed E-state index contributed by atoms with van der Waals surface area (Å²) in [5.41, 5.74) is 2.32. The van der Waals surface area contributed by atoms with Gasteiger partial charge in [-0.25, -0.2) is 4.98 Å². The van der Waals surface area contributed by atoms with E-state index in [1.807, 2.05) is 19.1 Å². The average Bonchev–Trinajstić information content (AvgIpc) is 3.11. The fraction of sp³-hybridized carbons (Fsp3) is 0.444. The first-order valence-electron chi connectivity index (χ1n) is 8.65. The van der Waals surface area contributed by atoms with Crippen molar-refractivity contribution < 1.29 is 4.42 Å². The molecule has 0 aliphatic heterocycles. The van der Waals surface area contributed by atoms with Gasteiger partial charge >= 0.3 is 0 Å². The average molecular weight is 356 g/mol. The van der Waals surface area contributed by atoms with Gasteiger partial charge in [0.25, 0.3) is 10.8 Å². The molecule has 0 aromatic carbocycles. The molecule has 0 unspecified atom stereocenters. The first kappa shape index (κ1) is 16.3. The molecule has 130 valence electrons. The summed E-state index contributed by atoms with van der Waals surface area (Å²) in [5.74, 6) is 1.69. The van der Waals surface area contributed by atoms with Crippen molar-refractivity contribution in [1.82, 2.24) is 19.6 Å². The zero-order valence-corrected chi connectivity index (χ0v) is 15.0. The first-order valence-corrected chi connectivity index (χ1v) is 9.63. The molecular weight excluding hydrogens is 336 g/mol. The molecule has 0 amide bonds. The summed E-state index contributed by atoms with van der Waals surface area (Å²) in [5, 5.41) is 8.90. The van der Waals surface area contributed by atoms with Gasteiger partial charge in [-0.15, -0.1) is 10.2 Å². The van der Waals surface area contributed by atoms with E-state index in [-0.39, 0.29) is 5.56 Å². The number of hydrogen-bond acceptors (Lipinski definition) is 6.